The molecule has 5 rings (SSSR count). The molecule has 5 aromatic rings. The van der Waals surface area contributed by atoms with Crippen molar-refractivity contribution in [2.24, 2.45) is 0 Å². The van der Waals surface area contributed by atoms with Gasteiger partial charge in [0.2, 0.25) is 0 Å². The molecule has 11 heteroatoms. The number of esters is 1. The van der Waals surface area contributed by atoms with Gasteiger partial charge in [0.15, 0.2) is 6.61 Å². The van der Waals surface area contributed by atoms with E-state index in [9.17, 15) is 18.0 Å². The van der Waals surface area contributed by atoms with Crippen molar-refractivity contribution < 1.29 is 27.5 Å². The minimum absolute atomic E-state index is 0.0889. The third-order valence-corrected chi connectivity index (χ3v) is 9.67. The third kappa shape index (κ3) is 7.16. The first-order valence-corrected chi connectivity index (χ1v) is 15.7. The largest absolute Gasteiger partial charge is 0.484 e. The number of hydrogen-bond donors (Lipinski definition) is 1. The van der Waals surface area contributed by atoms with E-state index in [-0.39, 0.29) is 24.0 Å². The van der Waals surface area contributed by atoms with Crippen LogP contribution in [0.1, 0.15) is 20.8 Å². The number of methoxy groups -OCH3 is 1. The van der Waals surface area contributed by atoms with Crippen LogP contribution in [0.15, 0.2) is 102 Å². The molecular formula is C32H27ClN2O6S2. The maximum Gasteiger partial charge on any atom is 0.348 e. The van der Waals surface area contributed by atoms with E-state index in [2.05, 4.69) is 5.32 Å². The lowest BCUT2D eigenvalue weighted by molar-refractivity contribution is -0.118. The van der Waals surface area contributed by atoms with E-state index in [4.69, 9.17) is 21.1 Å². The minimum atomic E-state index is -3.90. The van der Waals surface area contributed by atoms with Gasteiger partial charge in [-0.1, -0.05) is 41.4 Å². The van der Waals surface area contributed by atoms with Gasteiger partial charge in [0, 0.05) is 15.4 Å². The average molecular weight is 635 g/mol. The molecule has 0 unspecified atom stereocenters. The molecular weight excluding hydrogens is 608 g/mol. The van der Waals surface area contributed by atoms with Gasteiger partial charge in [0.05, 0.1) is 24.2 Å². The molecule has 1 N–H and O–H groups in total. The highest BCUT2D eigenvalue weighted by Crippen LogP contribution is 2.30. The highest BCUT2D eigenvalue weighted by atomic mass is 35.5. The van der Waals surface area contributed by atoms with Gasteiger partial charge >= 0.3 is 5.97 Å². The number of anilines is 2. The molecule has 220 valence electrons. The number of nitrogens with zero attached hydrogens (tertiary/aromatic N) is 1. The number of nitrogens with one attached hydrogen (secondary N) is 1. The minimum Gasteiger partial charge on any atom is -0.484 e. The second-order valence-corrected chi connectivity index (χ2v) is 13.0. The van der Waals surface area contributed by atoms with Crippen molar-refractivity contribution in [3.05, 3.63) is 118 Å². The molecule has 0 aliphatic rings. The van der Waals surface area contributed by atoms with Gasteiger partial charge in [0.25, 0.3) is 15.9 Å². The Morgan fingerprint density at radius 1 is 0.907 bits per heavy atom. The fraction of sp³-hybridized carbons (Fsp3) is 0.125. The molecule has 0 radical (unpaired) electrons. The normalized spacial score (nSPS) is 11.2. The lowest BCUT2D eigenvalue weighted by atomic mass is 10.2. The summed E-state index contributed by atoms with van der Waals surface area (Å²) in [5, 5.41) is 4.15. The predicted octanol–water partition coefficient (Wildman–Crippen LogP) is 7.06. The molecule has 0 spiro atoms. The van der Waals surface area contributed by atoms with E-state index in [0.717, 1.165) is 21.2 Å². The highest BCUT2D eigenvalue weighted by molar-refractivity contribution is 7.92. The summed E-state index contributed by atoms with van der Waals surface area (Å²) in [7, 11) is -2.57. The summed E-state index contributed by atoms with van der Waals surface area (Å²) in [4.78, 5) is 25.0. The maximum absolute atomic E-state index is 13.7. The summed E-state index contributed by atoms with van der Waals surface area (Å²) in [6.07, 6.45) is 0. The maximum atomic E-state index is 13.7. The molecule has 8 nitrogen and oxygen atoms in total. The molecule has 43 heavy (non-hydrogen) atoms. The topological polar surface area (TPSA) is 102 Å². The first kappa shape index (κ1) is 30.1. The number of ether oxygens (including phenoxy) is 2. The predicted molar refractivity (Wildman–Crippen MR) is 170 cm³/mol. The Bertz CT molecular complexity index is 1870. The van der Waals surface area contributed by atoms with E-state index < -0.39 is 16.0 Å². The van der Waals surface area contributed by atoms with Crippen molar-refractivity contribution in [3.63, 3.8) is 0 Å². The van der Waals surface area contributed by atoms with Gasteiger partial charge in [-0.05, 0) is 90.7 Å². The second-order valence-electron chi connectivity index (χ2n) is 9.64. The van der Waals surface area contributed by atoms with Crippen LogP contribution in [0.4, 0.5) is 11.4 Å². The molecule has 1 heterocycles. The van der Waals surface area contributed by atoms with Gasteiger partial charge in [-0.2, -0.15) is 0 Å². The number of fused-ring (bicyclic) bond motifs is 1. The number of thiophene rings is 1. The van der Waals surface area contributed by atoms with Crippen LogP contribution in [0.5, 0.6) is 5.75 Å². The van der Waals surface area contributed by atoms with Crippen LogP contribution in [-0.4, -0.2) is 34.0 Å². The summed E-state index contributed by atoms with van der Waals surface area (Å²) in [5.74, 6) is -0.390. The fourth-order valence-electron chi connectivity index (χ4n) is 4.29. The van der Waals surface area contributed by atoms with E-state index in [1.54, 1.807) is 91.0 Å². The lowest BCUT2D eigenvalue weighted by Crippen LogP contribution is -2.30. The van der Waals surface area contributed by atoms with Crippen molar-refractivity contribution in [2.75, 3.05) is 23.3 Å². The zero-order valence-corrected chi connectivity index (χ0v) is 25.6. The molecule has 0 aliphatic carbocycles. The monoisotopic (exact) mass is 634 g/mol. The van der Waals surface area contributed by atoms with Crippen LogP contribution in [0, 0.1) is 6.92 Å². The van der Waals surface area contributed by atoms with Crippen LogP contribution in [0.3, 0.4) is 0 Å². The van der Waals surface area contributed by atoms with Crippen molar-refractivity contribution >= 4 is 66.3 Å². The van der Waals surface area contributed by atoms with Crippen LogP contribution in [0.2, 0.25) is 5.02 Å². The summed E-state index contributed by atoms with van der Waals surface area (Å²) >= 11 is 7.34. The summed E-state index contributed by atoms with van der Waals surface area (Å²) in [6.45, 7) is 1.72. The van der Waals surface area contributed by atoms with Gasteiger partial charge < -0.3 is 14.8 Å². The molecule has 1 aromatic heterocycles. The van der Waals surface area contributed by atoms with Crippen LogP contribution < -0.4 is 14.4 Å². The number of carbonyl (C=O) groups excluding carboxylic acids is 2. The molecule has 0 atom stereocenters. The highest BCUT2D eigenvalue weighted by Gasteiger charge is 2.25. The smallest absolute Gasteiger partial charge is 0.348 e. The number of benzene rings is 4. The van der Waals surface area contributed by atoms with Crippen molar-refractivity contribution in [1.29, 1.82) is 0 Å². The molecule has 0 aliphatic heterocycles. The molecule has 0 bridgehead atoms. The number of carbonyl (C=O) groups is 2. The number of rotatable bonds is 10. The zero-order chi connectivity index (χ0) is 30.6. The molecule has 1 amide bonds. The van der Waals surface area contributed by atoms with Gasteiger partial charge in [0.1, 0.15) is 10.6 Å². The molecule has 0 saturated carbocycles. The average Bonchev–Trinajstić information content (AvgIpc) is 3.43. The summed E-state index contributed by atoms with van der Waals surface area (Å²) in [6, 6.07) is 27.3. The Morgan fingerprint density at radius 2 is 1.60 bits per heavy atom. The fourth-order valence-corrected chi connectivity index (χ4v) is 6.83. The lowest BCUT2D eigenvalue weighted by Gasteiger charge is -2.25. The van der Waals surface area contributed by atoms with E-state index >= 15 is 0 Å². The Labute approximate surface area is 258 Å². The van der Waals surface area contributed by atoms with Gasteiger partial charge in [-0.25, -0.2) is 13.2 Å². The zero-order valence-electron chi connectivity index (χ0n) is 23.2. The van der Waals surface area contributed by atoms with Gasteiger partial charge in [-0.15, -0.1) is 11.3 Å². The Hall–Kier alpha value is -4.38. The molecule has 4 aromatic carbocycles. The number of aryl methyl sites for hydroxylation is 1. The number of sulfonamides is 1. The Morgan fingerprint density at radius 3 is 2.28 bits per heavy atom. The SMILES string of the molecule is COC(=O)c1cc2cc(NC(=O)COc3ccc(N(Cc4ccc(Cl)cc4)S(=O)(=O)c4ccc(C)cc4)cc3)ccc2s1. The number of hydrogen-bond acceptors (Lipinski definition) is 7. The number of amides is 1. The summed E-state index contributed by atoms with van der Waals surface area (Å²) < 4.78 is 40.1. The quantitative estimate of drug-likeness (QED) is 0.165. The first-order chi connectivity index (χ1) is 20.6. The van der Waals surface area contributed by atoms with Crippen molar-refractivity contribution in [1.82, 2.24) is 0 Å². The first-order valence-electron chi connectivity index (χ1n) is 13.1. The van der Waals surface area contributed by atoms with Gasteiger partial charge in [-0.3, -0.25) is 9.10 Å². The van der Waals surface area contributed by atoms with E-state index in [1.807, 2.05) is 13.0 Å². The second kappa shape index (κ2) is 12.9. The number of halogens is 1. The van der Waals surface area contributed by atoms with Crippen LogP contribution >= 0.6 is 22.9 Å². The standard InChI is InChI=1S/C32H27ClN2O6S2/c1-21-3-14-28(15-4-21)43(38,39)35(19-22-5-7-24(33)8-6-22)26-10-12-27(13-11-26)41-20-31(36)34-25-9-16-29-23(17-25)18-30(42-29)32(37)40-2/h3-18H,19-20H2,1-2H3,(H,34,36). The molecule has 0 saturated heterocycles. The Kier molecular flexibility index (Phi) is 9.00. The van der Waals surface area contributed by atoms with E-state index in [0.29, 0.717) is 27.0 Å². The van der Waals surface area contributed by atoms with Crippen molar-refractivity contribution in [2.45, 2.75) is 18.4 Å². The van der Waals surface area contributed by atoms with Crippen LogP contribution in [-0.2, 0) is 26.1 Å². The Balaban J connectivity index is 1.28. The van der Waals surface area contributed by atoms with Crippen LogP contribution in [0.25, 0.3) is 10.1 Å². The summed E-state index contributed by atoms with van der Waals surface area (Å²) in [5.41, 5.74) is 2.71. The molecule has 0 fully saturated rings. The van der Waals surface area contributed by atoms with E-state index in [1.165, 1.54) is 22.8 Å². The third-order valence-electron chi connectivity index (χ3n) is 6.53. The van der Waals surface area contributed by atoms with Crippen molar-refractivity contribution in [3.8, 4) is 5.75 Å².